The topological polar surface area (TPSA) is 108 Å². The maximum Gasteiger partial charge on any atom is 0.268 e. The van der Waals surface area contributed by atoms with E-state index in [0.717, 1.165) is 22.2 Å². The van der Waals surface area contributed by atoms with Crippen LogP contribution in [0.1, 0.15) is 22.5 Å². The van der Waals surface area contributed by atoms with E-state index in [4.69, 9.17) is 5.73 Å². The molecule has 3 heterocycles. The standard InChI is InChI=1S/C17H16N6O/c18-11-5-3-4-10-14-12(22-23-13-6-1-2-8-19-13)7-9-20-17(24)16(14)21-15(10)11/h1-6,8,21H,7,9,18H2,(H,19,23)(H,20,24)/b22-12+. The lowest BCUT2D eigenvalue weighted by Gasteiger charge is -2.05. The van der Waals surface area contributed by atoms with E-state index in [1.54, 1.807) is 12.3 Å². The summed E-state index contributed by atoms with van der Waals surface area (Å²) in [5.74, 6) is 0.498. The fourth-order valence-corrected chi connectivity index (χ4v) is 2.88. The highest BCUT2D eigenvalue weighted by atomic mass is 16.1. The van der Waals surface area contributed by atoms with Gasteiger partial charge in [-0.1, -0.05) is 18.2 Å². The molecule has 4 rings (SSSR count). The zero-order valence-corrected chi connectivity index (χ0v) is 12.8. The Bertz CT molecular complexity index is 944. The smallest absolute Gasteiger partial charge is 0.268 e. The van der Waals surface area contributed by atoms with E-state index in [-0.39, 0.29) is 5.91 Å². The van der Waals surface area contributed by atoms with Gasteiger partial charge in [0.05, 0.1) is 16.9 Å². The van der Waals surface area contributed by atoms with Crippen molar-refractivity contribution < 1.29 is 4.79 Å². The van der Waals surface area contributed by atoms with Crippen LogP contribution >= 0.6 is 0 Å². The molecule has 0 unspecified atom stereocenters. The predicted octanol–water partition coefficient (Wildman–Crippen LogP) is 2.09. The Morgan fingerprint density at radius 1 is 1.21 bits per heavy atom. The lowest BCUT2D eigenvalue weighted by Crippen LogP contribution is -2.23. The molecular weight excluding hydrogens is 304 g/mol. The third-order valence-corrected chi connectivity index (χ3v) is 4.00. The number of nitrogen functional groups attached to an aromatic ring is 1. The molecule has 0 radical (unpaired) electrons. The first-order valence-electron chi connectivity index (χ1n) is 7.66. The van der Waals surface area contributed by atoms with Gasteiger partial charge in [0.1, 0.15) is 11.5 Å². The van der Waals surface area contributed by atoms with Gasteiger partial charge in [-0.15, -0.1) is 0 Å². The molecule has 7 heteroatoms. The van der Waals surface area contributed by atoms with Crippen molar-refractivity contribution >= 4 is 34.0 Å². The number of fused-ring (bicyclic) bond motifs is 3. The summed E-state index contributed by atoms with van der Waals surface area (Å²) in [4.78, 5) is 19.7. The first-order chi connectivity index (χ1) is 11.7. The molecule has 24 heavy (non-hydrogen) atoms. The number of anilines is 2. The molecule has 0 saturated heterocycles. The van der Waals surface area contributed by atoms with Crippen LogP contribution in [0, 0.1) is 0 Å². The second kappa shape index (κ2) is 5.69. The molecule has 1 amide bonds. The van der Waals surface area contributed by atoms with Gasteiger partial charge in [-0.3, -0.25) is 10.2 Å². The Morgan fingerprint density at radius 3 is 2.96 bits per heavy atom. The van der Waals surface area contributed by atoms with Crippen molar-refractivity contribution in [3.8, 4) is 0 Å². The molecule has 7 nitrogen and oxygen atoms in total. The van der Waals surface area contributed by atoms with Gasteiger partial charge in [0.15, 0.2) is 0 Å². The minimum atomic E-state index is -0.149. The fourth-order valence-electron chi connectivity index (χ4n) is 2.88. The van der Waals surface area contributed by atoms with Crippen molar-refractivity contribution in [3.05, 3.63) is 53.9 Å². The number of carbonyl (C=O) groups excluding carboxylic acids is 1. The van der Waals surface area contributed by atoms with Crippen molar-refractivity contribution in [2.75, 3.05) is 17.7 Å². The first kappa shape index (κ1) is 14.3. The molecule has 3 aromatic rings. The van der Waals surface area contributed by atoms with Crippen molar-refractivity contribution in [3.63, 3.8) is 0 Å². The number of aromatic nitrogens is 2. The molecule has 0 fully saturated rings. The number of hydrogen-bond donors (Lipinski definition) is 4. The summed E-state index contributed by atoms with van der Waals surface area (Å²) in [6.07, 6.45) is 2.30. The van der Waals surface area contributed by atoms with Crippen LogP contribution in [0.4, 0.5) is 11.5 Å². The molecule has 0 atom stereocenters. The summed E-state index contributed by atoms with van der Waals surface area (Å²) < 4.78 is 0. The number of hydrogen-bond acceptors (Lipinski definition) is 5. The number of amides is 1. The van der Waals surface area contributed by atoms with Gasteiger partial charge in [-0.05, 0) is 18.2 Å². The Hall–Kier alpha value is -3.35. The number of para-hydroxylation sites is 1. The van der Waals surface area contributed by atoms with Gasteiger partial charge < -0.3 is 16.0 Å². The van der Waals surface area contributed by atoms with Crippen LogP contribution in [0.25, 0.3) is 10.9 Å². The minimum absolute atomic E-state index is 0.149. The normalized spacial score (nSPS) is 15.8. The van der Waals surface area contributed by atoms with Crippen molar-refractivity contribution in [1.82, 2.24) is 15.3 Å². The maximum atomic E-state index is 12.3. The summed E-state index contributed by atoms with van der Waals surface area (Å²) in [5.41, 5.74) is 12.4. The Labute approximate surface area is 138 Å². The summed E-state index contributed by atoms with van der Waals surface area (Å²) >= 11 is 0. The minimum Gasteiger partial charge on any atom is -0.397 e. The van der Waals surface area contributed by atoms with Crippen LogP contribution in [0.2, 0.25) is 0 Å². The SMILES string of the molecule is Nc1cccc2c3c([nH]c12)C(=O)NCC/C3=N\Nc1ccccn1. The number of H-pyrrole nitrogens is 1. The van der Waals surface area contributed by atoms with E-state index in [2.05, 4.69) is 25.8 Å². The Balaban J connectivity index is 1.85. The highest BCUT2D eigenvalue weighted by Crippen LogP contribution is 2.29. The van der Waals surface area contributed by atoms with Crippen molar-refractivity contribution in [1.29, 1.82) is 0 Å². The average molecular weight is 320 g/mol. The second-order valence-electron chi connectivity index (χ2n) is 5.54. The zero-order valence-electron chi connectivity index (χ0n) is 12.8. The van der Waals surface area contributed by atoms with Gasteiger partial charge in [-0.2, -0.15) is 5.10 Å². The molecule has 120 valence electrons. The van der Waals surface area contributed by atoms with E-state index < -0.39 is 0 Å². The van der Waals surface area contributed by atoms with E-state index in [1.165, 1.54) is 0 Å². The number of pyridine rings is 1. The second-order valence-corrected chi connectivity index (χ2v) is 5.54. The third kappa shape index (κ3) is 2.36. The molecule has 1 aliphatic rings. The zero-order chi connectivity index (χ0) is 16.5. The number of benzene rings is 1. The number of carbonyl (C=O) groups is 1. The van der Waals surface area contributed by atoms with E-state index in [9.17, 15) is 4.79 Å². The third-order valence-electron chi connectivity index (χ3n) is 4.00. The molecule has 1 aromatic carbocycles. The monoisotopic (exact) mass is 320 g/mol. The van der Waals surface area contributed by atoms with Gasteiger partial charge in [-0.25, -0.2) is 4.98 Å². The number of aromatic amines is 1. The summed E-state index contributed by atoms with van der Waals surface area (Å²) in [7, 11) is 0. The Morgan fingerprint density at radius 2 is 2.12 bits per heavy atom. The van der Waals surface area contributed by atoms with Crippen LogP contribution in [-0.2, 0) is 0 Å². The quantitative estimate of drug-likeness (QED) is 0.428. The highest BCUT2D eigenvalue weighted by molar-refractivity contribution is 6.20. The lowest BCUT2D eigenvalue weighted by atomic mass is 10.0. The van der Waals surface area contributed by atoms with Crippen LogP contribution in [-0.4, -0.2) is 28.1 Å². The van der Waals surface area contributed by atoms with E-state index >= 15 is 0 Å². The fraction of sp³-hybridized carbons (Fsp3) is 0.118. The summed E-state index contributed by atoms with van der Waals surface area (Å²) in [5, 5.41) is 8.26. The number of hydrazone groups is 1. The molecular formula is C17H16N6O. The molecule has 5 N–H and O–H groups in total. The molecule has 1 aliphatic heterocycles. The number of nitrogens with zero attached hydrogens (tertiary/aromatic N) is 2. The lowest BCUT2D eigenvalue weighted by molar-refractivity contribution is 0.0952. The average Bonchev–Trinajstić information content (AvgIpc) is 2.92. The van der Waals surface area contributed by atoms with Crippen LogP contribution in [0.15, 0.2) is 47.7 Å². The van der Waals surface area contributed by atoms with Crippen molar-refractivity contribution in [2.24, 2.45) is 5.10 Å². The highest BCUT2D eigenvalue weighted by Gasteiger charge is 2.25. The number of nitrogens with one attached hydrogen (secondary N) is 3. The largest absolute Gasteiger partial charge is 0.397 e. The van der Waals surface area contributed by atoms with Gasteiger partial charge in [0.2, 0.25) is 0 Å². The summed E-state index contributed by atoms with van der Waals surface area (Å²) in [6.45, 7) is 0.522. The predicted molar refractivity (Wildman–Crippen MR) is 94.1 cm³/mol. The molecule has 0 spiro atoms. The van der Waals surface area contributed by atoms with Gasteiger partial charge in [0.25, 0.3) is 5.91 Å². The Kier molecular flexibility index (Phi) is 3.38. The molecule has 2 aromatic heterocycles. The molecule has 0 aliphatic carbocycles. The van der Waals surface area contributed by atoms with E-state index in [0.29, 0.717) is 30.2 Å². The molecule has 0 saturated carbocycles. The van der Waals surface area contributed by atoms with Gasteiger partial charge in [0, 0.05) is 30.1 Å². The molecule has 0 bridgehead atoms. The maximum absolute atomic E-state index is 12.3. The van der Waals surface area contributed by atoms with Crippen LogP contribution in [0.3, 0.4) is 0 Å². The van der Waals surface area contributed by atoms with Crippen molar-refractivity contribution in [2.45, 2.75) is 6.42 Å². The number of nitrogens with two attached hydrogens (primary N) is 1. The summed E-state index contributed by atoms with van der Waals surface area (Å²) in [6, 6.07) is 11.2. The van der Waals surface area contributed by atoms with Crippen LogP contribution < -0.4 is 16.5 Å². The number of rotatable bonds is 2. The first-order valence-corrected chi connectivity index (χ1v) is 7.66. The van der Waals surface area contributed by atoms with Gasteiger partial charge >= 0.3 is 0 Å². The van der Waals surface area contributed by atoms with Crippen LogP contribution in [0.5, 0.6) is 0 Å². The van der Waals surface area contributed by atoms with E-state index in [1.807, 2.05) is 30.3 Å².